The molecule has 84 valence electrons. The summed E-state index contributed by atoms with van der Waals surface area (Å²) in [5.41, 5.74) is 1.10. The molecule has 2 rings (SSSR count). The number of rotatable bonds is 3. The molecule has 0 N–H and O–H groups in total. The highest BCUT2D eigenvalue weighted by molar-refractivity contribution is 9.10. The highest BCUT2D eigenvalue weighted by Gasteiger charge is 2.07. The molecular weight excluding hydrogens is 268 g/mol. The van der Waals surface area contributed by atoms with Crippen LogP contribution in [0.5, 0.6) is 0 Å². The Balaban J connectivity index is 2.14. The van der Waals surface area contributed by atoms with E-state index in [1.165, 1.54) is 0 Å². The number of aryl methyl sites for hydroxylation is 1. The fourth-order valence-corrected chi connectivity index (χ4v) is 2.12. The van der Waals surface area contributed by atoms with Gasteiger partial charge in [0, 0.05) is 19.4 Å². The number of aromatic nitrogens is 1. The monoisotopic (exact) mass is 280 g/mol. The molecule has 0 fully saturated rings. The van der Waals surface area contributed by atoms with Crippen molar-refractivity contribution in [3.63, 3.8) is 0 Å². The van der Waals surface area contributed by atoms with Crippen LogP contribution in [0, 0.1) is 6.92 Å². The summed E-state index contributed by atoms with van der Waals surface area (Å²) in [6.07, 6.45) is 3.57. The predicted molar refractivity (Wildman–Crippen MR) is 67.5 cm³/mol. The summed E-state index contributed by atoms with van der Waals surface area (Å²) in [5, 5.41) is 0. The van der Waals surface area contributed by atoms with Gasteiger partial charge in [-0.1, -0.05) is 0 Å². The van der Waals surface area contributed by atoms with Crippen LogP contribution in [0.25, 0.3) is 0 Å². The smallest absolute Gasteiger partial charge is 0.123 e. The van der Waals surface area contributed by atoms with Crippen molar-refractivity contribution in [2.75, 3.05) is 11.9 Å². The van der Waals surface area contributed by atoms with E-state index < -0.39 is 0 Å². The van der Waals surface area contributed by atoms with Gasteiger partial charge in [-0.2, -0.15) is 0 Å². The number of hydrogen-bond acceptors (Lipinski definition) is 3. The molecule has 16 heavy (non-hydrogen) atoms. The van der Waals surface area contributed by atoms with Crippen molar-refractivity contribution in [1.82, 2.24) is 4.98 Å². The zero-order valence-corrected chi connectivity index (χ0v) is 10.9. The standard InChI is InChI=1S/C12H13BrN2O/c1-9-3-4-10(16-9)8-15(2)12-5-6-14-7-11(12)13/h3-7H,8H2,1-2H3. The van der Waals surface area contributed by atoms with Crippen LogP contribution < -0.4 is 4.90 Å². The van der Waals surface area contributed by atoms with Gasteiger partial charge in [-0.3, -0.25) is 4.98 Å². The van der Waals surface area contributed by atoms with Gasteiger partial charge < -0.3 is 9.32 Å². The number of furan rings is 1. The number of hydrogen-bond donors (Lipinski definition) is 0. The molecule has 2 aromatic rings. The van der Waals surface area contributed by atoms with Crippen LogP contribution in [0.2, 0.25) is 0 Å². The Hall–Kier alpha value is -1.29. The molecule has 0 saturated heterocycles. The molecular formula is C12H13BrN2O. The molecule has 0 saturated carbocycles. The van der Waals surface area contributed by atoms with E-state index in [1.807, 2.05) is 32.2 Å². The molecule has 0 aromatic carbocycles. The van der Waals surface area contributed by atoms with Crippen LogP contribution in [0.1, 0.15) is 11.5 Å². The Morgan fingerprint density at radius 2 is 2.19 bits per heavy atom. The van der Waals surface area contributed by atoms with Crippen molar-refractivity contribution in [2.24, 2.45) is 0 Å². The van der Waals surface area contributed by atoms with Crippen molar-refractivity contribution >= 4 is 21.6 Å². The van der Waals surface area contributed by atoms with Crippen LogP contribution in [0.3, 0.4) is 0 Å². The third kappa shape index (κ3) is 2.44. The van der Waals surface area contributed by atoms with Gasteiger partial charge >= 0.3 is 0 Å². The quantitative estimate of drug-likeness (QED) is 0.863. The Bertz CT molecular complexity index is 481. The van der Waals surface area contributed by atoms with Crippen LogP contribution in [0.4, 0.5) is 5.69 Å². The maximum atomic E-state index is 5.54. The molecule has 0 unspecified atom stereocenters. The van der Waals surface area contributed by atoms with Gasteiger partial charge in [0.25, 0.3) is 0 Å². The van der Waals surface area contributed by atoms with Crippen LogP contribution in [-0.4, -0.2) is 12.0 Å². The van der Waals surface area contributed by atoms with Gasteiger partial charge in [0.1, 0.15) is 11.5 Å². The SMILES string of the molecule is Cc1ccc(CN(C)c2ccncc2Br)o1. The first-order chi connectivity index (χ1) is 7.66. The molecule has 2 heterocycles. The van der Waals surface area contributed by atoms with Crippen LogP contribution >= 0.6 is 15.9 Å². The normalized spacial score (nSPS) is 10.4. The topological polar surface area (TPSA) is 29.3 Å². The molecule has 0 aliphatic heterocycles. The van der Waals surface area contributed by atoms with Crippen molar-refractivity contribution in [3.8, 4) is 0 Å². The van der Waals surface area contributed by atoms with Crippen molar-refractivity contribution < 1.29 is 4.42 Å². The first-order valence-electron chi connectivity index (χ1n) is 5.03. The summed E-state index contributed by atoms with van der Waals surface area (Å²) >= 11 is 3.48. The maximum Gasteiger partial charge on any atom is 0.123 e. The van der Waals surface area contributed by atoms with Gasteiger partial charge in [0.15, 0.2) is 0 Å². The summed E-state index contributed by atoms with van der Waals surface area (Å²) in [4.78, 5) is 6.16. The minimum Gasteiger partial charge on any atom is -0.464 e. The molecule has 3 nitrogen and oxygen atoms in total. The fraction of sp³-hybridized carbons (Fsp3) is 0.250. The average Bonchev–Trinajstić information content (AvgIpc) is 2.64. The second kappa shape index (κ2) is 4.70. The molecule has 0 radical (unpaired) electrons. The second-order valence-electron chi connectivity index (χ2n) is 3.70. The van der Waals surface area contributed by atoms with E-state index in [-0.39, 0.29) is 0 Å². The number of halogens is 1. The molecule has 0 aliphatic carbocycles. The Kier molecular flexibility index (Phi) is 3.29. The van der Waals surface area contributed by atoms with E-state index in [0.29, 0.717) is 0 Å². The lowest BCUT2D eigenvalue weighted by atomic mass is 10.3. The van der Waals surface area contributed by atoms with Gasteiger partial charge in [-0.05, 0) is 41.1 Å². The highest BCUT2D eigenvalue weighted by atomic mass is 79.9. The van der Waals surface area contributed by atoms with E-state index in [4.69, 9.17) is 4.42 Å². The van der Waals surface area contributed by atoms with Gasteiger partial charge in [-0.15, -0.1) is 0 Å². The number of pyridine rings is 1. The Morgan fingerprint density at radius 3 is 2.81 bits per heavy atom. The maximum absolute atomic E-state index is 5.54. The molecule has 2 aromatic heterocycles. The molecule has 0 aliphatic rings. The molecule has 0 atom stereocenters. The first kappa shape index (κ1) is 11.2. The Morgan fingerprint density at radius 1 is 1.38 bits per heavy atom. The largest absolute Gasteiger partial charge is 0.464 e. The zero-order chi connectivity index (χ0) is 11.5. The molecule has 4 heteroatoms. The minimum atomic E-state index is 0.746. The Labute approximate surface area is 103 Å². The third-order valence-electron chi connectivity index (χ3n) is 2.35. The highest BCUT2D eigenvalue weighted by Crippen LogP contribution is 2.25. The van der Waals surface area contributed by atoms with E-state index in [1.54, 1.807) is 12.4 Å². The molecule has 0 spiro atoms. The van der Waals surface area contributed by atoms with Crippen LogP contribution in [-0.2, 0) is 6.54 Å². The summed E-state index contributed by atoms with van der Waals surface area (Å²) < 4.78 is 6.53. The zero-order valence-electron chi connectivity index (χ0n) is 9.27. The lowest BCUT2D eigenvalue weighted by molar-refractivity contribution is 0.481. The summed E-state index contributed by atoms with van der Waals surface area (Å²) in [5.74, 6) is 1.90. The molecule has 0 bridgehead atoms. The number of anilines is 1. The molecule has 0 amide bonds. The summed E-state index contributed by atoms with van der Waals surface area (Å²) in [7, 11) is 2.03. The van der Waals surface area contributed by atoms with Gasteiger partial charge in [-0.25, -0.2) is 0 Å². The van der Waals surface area contributed by atoms with Crippen molar-refractivity contribution in [1.29, 1.82) is 0 Å². The van der Waals surface area contributed by atoms with E-state index in [9.17, 15) is 0 Å². The van der Waals surface area contributed by atoms with Gasteiger partial charge in [0.05, 0.1) is 16.7 Å². The lowest BCUT2D eigenvalue weighted by Gasteiger charge is -2.18. The number of nitrogens with zero attached hydrogens (tertiary/aromatic N) is 2. The van der Waals surface area contributed by atoms with E-state index >= 15 is 0 Å². The third-order valence-corrected chi connectivity index (χ3v) is 2.96. The second-order valence-corrected chi connectivity index (χ2v) is 4.55. The average molecular weight is 281 g/mol. The summed E-state index contributed by atoms with van der Waals surface area (Å²) in [6.45, 7) is 2.70. The summed E-state index contributed by atoms with van der Waals surface area (Å²) in [6, 6.07) is 5.95. The fourth-order valence-electron chi connectivity index (χ4n) is 1.57. The first-order valence-corrected chi connectivity index (χ1v) is 5.82. The minimum absolute atomic E-state index is 0.746. The van der Waals surface area contributed by atoms with E-state index in [2.05, 4.69) is 25.8 Å². The predicted octanol–water partition coefficient (Wildman–Crippen LogP) is 3.38. The van der Waals surface area contributed by atoms with Crippen molar-refractivity contribution in [2.45, 2.75) is 13.5 Å². The van der Waals surface area contributed by atoms with E-state index in [0.717, 1.165) is 28.2 Å². The van der Waals surface area contributed by atoms with Crippen molar-refractivity contribution in [3.05, 3.63) is 46.6 Å². The van der Waals surface area contributed by atoms with Crippen LogP contribution in [0.15, 0.2) is 39.5 Å². The lowest BCUT2D eigenvalue weighted by Crippen LogP contribution is -2.16. The van der Waals surface area contributed by atoms with Gasteiger partial charge in [0.2, 0.25) is 0 Å².